The van der Waals surface area contributed by atoms with Crippen molar-refractivity contribution in [3.8, 4) is 11.3 Å². The highest BCUT2D eigenvalue weighted by molar-refractivity contribution is 6.36. The van der Waals surface area contributed by atoms with E-state index in [4.69, 9.17) is 28.9 Å². The number of fused-ring (bicyclic) bond motifs is 1. The van der Waals surface area contributed by atoms with Crippen molar-refractivity contribution in [1.29, 1.82) is 0 Å². The summed E-state index contributed by atoms with van der Waals surface area (Å²) in [6, 6.07) is 4.67. The largest absolute Gasteiger partial charge is 0.369 e. The van der Waals surface area contributed by atoms with Crippen molar-refractivity contribution < 1.29 is 9.90 Å². The topological polar surface area (TPSA) is 92.3 Å². The molecule has 0 radical (unpaired) electrons. The van der Waals surface area contributed by atoms with Gasteiger partial charge in [0.25, 0.3) is 5.91 Å². The summed E-state index contributed by atoms with van der Waals surface area (Å²) < 4.78 is 0. The van der Waals surface area contributed by atoms with E-state index >= 15 is 0 Å². The minimum Gasteiger partial charge on any atom is -0.369 e. The molecule has 0 aliphatic carbocycles. The van der Waals surface area contributed by atoms with Gasteiger partial charge in [-0.05, 0) is 32.0 Å². The van der Waals surface area contributed by atoms with Crippen LogP contribution in [0.5, 0.6) is 0 Å². The number of anilines is 1. The van der Waals surface area contributed by atoms with Crippen LogP contribution in [0, 0.1) is 0 Å². The van der Waals surface area contributed by atoms with Crippen molar-refractivity contribution in [3.63, 3.8) is 0 Å². The van der Waals surface area contributed by atoms with Gasteiger partial charge in [0.2, 0.25) is 5.95 Å². The Balaban J connectivity index is 2.26. The number of benzene rings is 1. The van der Waals surface area contributed by atoms with Gasteiger partial charge in [0.1, 0.15) is 5.69 Å². The average Bonchev–Trinajstić information content (AvgIpc) is 2.70. The summed E-state index contributed by atoms with van der Waals surface area (Å²) >= 11 is 12.2. The highest BCUT2D eigenvalue weighted by atomic mass is 35.5. The maximum absolute atomic E-state index is 12.5. The molecule has 0 spiro atoms. The second kappa shape index (κ2) is 5.63. The molecule has 1 amide bonds. The quantitative estimate of drug-likeness (QED) is 0.866. The van der Waals surface area contributed by atoms with Crippen molar-refractivity contribution in [2.45, 2.75) is 26.1 Å². The van der Waals surface area contributed by atoms with E-state index in [1.807, 2.05) is 0 Å². The summed E-state index contributed by atoms with van der Waals surface area (Å²) in [6.07, 6.45) is -1.15. The van der Waals surface area contributed by atoms with E-state index in [0.717, 1.165) is 0 Å². The van der Waals surface area contributed by atoms with Gasteiger partial charge in [-0.3, -0.25) is 4.79 Å². The zero-order chi connectivity index (χ0) is 16.9. The van der Waals surface area contributed by atoms with Crippen molar-refractivity contribution in [3.05, 3.63) is 39.5 Å². The Kier molecular flexibility index (Phi) is 3.91. The van der Waals surface area contributed by atoms with Crippen molar-refractivity contribution in [1.82, 2.24) is 14.9 Å². The fourth-order valence-electron chi connectivity index (χ4n) is 2.67. The second-order valence-electron chi connectivity index (χ2n) is 5.50. The molecule has 8 heteroatoms. The highest BCUT2D eigenvalue weighted by Gasteiger charge is 2.41. The molecular weight excluding hydrogens is 339 g/mol. The molecule has 3 N–H and O–H groups in total. The van der Waals surface area contributed by atoms with Gasteiger partial charge in [-0.25, -0.2) is 9.97 Å². The number of aliphatic hydroxyl groups is 1. The maximum Gasteiger partial charge on any atom is 0.275 e. The molecule has 1 unspecified atom stereocenters. The number of nitrogens with zero attached hydrogens (tertiary/aromatic N) is 3. The average molecular weight is 353 g/mol. The molecule has 1 atom stereocenters. The van der Waals surface area contributed by atoms with Gasteiger partial charge in [0, 0.05) is 16.6 Å². The molecule has 6 nitrogen and oxygen atoms in total. The van der Waals surface area contributed by atoms with Gasteiger partial charge in [-0.15, -0.1) is 0 Å². The molecule has 2 aromatic rings. The van der Waals surface area contributed by atoms with Gasteiger partial charge >= 0.3 is 0 Å². The fraction of sp³-hybridized carbons (Fsp3) is 0.267. The molecule has 1 aromatic carbocycles. The predicted molar refractivity (Wildman–Crippen MR) is 88.2 cm³/mol. The van der Waals surface area contributed by atoms with Crippen LogP contribution in [0.1, 0.15) is 36.1 Å². The number of halogens is 2. The lowest BCUT2D eigenvalue weighted by Gasteiger charge is -2.25. The molecule has 1 aliphatic heterocycles. The third-order valence-electron chi connectivity index (χ3n) is 3.66. The second-order valence-corrected chi connectivity index (χ2v) is 6.34. The van der Waals surface area contributed by atoms with Crippen LogP contribution in [0.15, 0.2) is 18.2 Å². The molecule has 120 valence electrons. The third-order valence-corrected chi connectivity index (χ3v) is 4.21. The number of carbonyl (C=O) groups is 1. The van der Waals surface area contributed by atoms with E-state index in [9.17, 15) is 9.90 Å². The lowest BCUT2D eigenvalue weighted by molar-refractivity contribution is 0.00382. The molecule has 1 aliphatic rings. The number of nitrogens with two attached hydrogens (primary N) is 1. The van der Waals surface area contributed by atoms with Crippen LogP contribution in [0.25, 0.3) is 11.3 Å². The lowest BCUT2D eigenvalue weighted by Crippen LogP contribution is -2.34. The Bertz CT molecular complexity index is 810. The number of hydrogen-bond acceptors (Lipinski definition) is 5. The monoisotopic (exact) mass is 352 g/mol. The normalized spacial score (nSPS) is 17.0. The van der Waals surface area contributed by atoms with E-state index in [1.54, 1.807) is 32.0 Å². The van der Waals surface area contributed by atoms with Crippen molar-refractivity contribution >= 4 is 35.1 Å². The summed E-state index contributed by atoms with van der Waals surface area (Å²) in [6.45, 7) is 3.61. The van der Waals surface area contributed by atoms with Crippen LogP contribution in [0.3, 0.4) is 0 Å². The van der Waals surface area contributed by atoms with E-state index in [0.29, 0.717) is 26.9 Å². The molecular formula is C15H14Cl2N4O2. The number of aromatic nitrogens is 2. The number of amides is 1. The van der Waals surface area contributed by atoms with Crippen LogP contribution in [0.4, 0.5) is 5.95 Å². The van der Waals surface area contributed by atoms with Crippen LogP contribution in [-0.2, 0) is 0 Å². The zero-order valence-electron chi connectivity index (χ0n) is 12.4. The number of aliphatic hydroxyl groups excluding tert-OH is 1. The number of rotatable bonds is 2. The molecule has 23 heavy (non-hydrogen) atoms. The highest BCUT2D eigenvalue weighted by Crippen LogP contribution is 2.40. The van der Waals surface area contributed by atoms with Gasteiger partial charge in [-0.2, -0.15) is 0 Å². The van der Waals surface area contributed by atoms with E-state index in [2.05, 4.69) is 9.97 Å². The van der Waals surface area contributed by atoms with Crippen molar-refractivity contribution in [2.75, 3.05) is 5.73 Å². The lowest BCUT2D eigenvalue weighted by atomic mass is 10.0. The Morgan fingerprint density at radius 3 is 2.52 bits per heavy atom. The Morgan fingerprint density at radius 2 is 1.91 bits per heavy atom. The van der Waals surface area contributed by atoms with Crippen LogP contribution < -0.4 is 5.73 Å². The summed E-state index contributed by atoms with van der Waals surface area (Å²) in [5, 5.41) is 11.4. The zero-order valence-corrected chi connectivity index (χ0v) is 13.9. The number of nitrogen functional groups attached to an aromatic ring is 1. The van der Waals surface area contributed by atoms with Crippen molar-refractivity contribution in [2.24, 2.45) is 0 Å². The standard InChI is InChI=1S/C15H14Cl2N4O2/c1-6(2)21-13(22)10-11(8-4-3-7(16)5-9(8)17)19-15(18)20-12(10)14(21)23/h3-6,13,22H,1-2H3,(H2,18,19,20). The first-order chi connectivity index (χ1) is 10.8. The Labute approximate surface area is 142 Å². The van der Waals surface area contributed by atoms with E-state index in [-0.39, 0.29) is 23.6 Å². The van der Waals surface area contributed by atoms with Crippen LogP contribution >= 0.6 is 23.2 Å². The summed E-state index contributed by atoms with van der Waals surface area (Å²) in [4.78, 5) is 22.0. The number of carbonyl (C=O) groups excluding carboxylic acids is 1. The Hall–Kier alpha value is -1.89. The molecule has 0 fully saturated rings. The molecule has 0 bridgehead atoms. The SMILES string of the molecule is CC(C)N1C(=O)c2nc(N)nc(-c3ccc(Cl)cc3Cl)c2C1O. The third kappa shape index (κ3) is 2.52. The van der Waals surface area contributed by atoms with Crippen LogP contribution in [0.2, 0.25) is 10.0 Å². The predicted octanol–water partition coefficient (Wildman–Crippen LogP) is 2.89. The van der Waals surface area contributed by atoms with E-state index in [1.165, 1.54) is 4.90 Å². The summed E-state index contributed by atoms with van der Waals surface area (Å²) in [5.74, 6) is -0.446. The van der Waals surface area contributed by atoms with Crippen LogP contribution in [-0.4, -0.2) is 31.9 Å². The molecule has 2 heterocycles. The molecule has 1 aromatic heterocycles. The first-order valence-electron chi connectivity index (χ1n) is 6.94. The smallest absolute Gasteiger partial charge is 0.275 e. The van der Waals surface area contributed by atoms with Gasteiger partial charge < -0.3 is 15.7 Å². The number of hydrogen-bond donors (Lipinski definition) is 2. The van der Waals surface area contributed by atoms with E-state index < -0.39 is 6.23 Å². The first-order valence-corrected chi connectivity index (χ1v) is 7.70. The summed E-state index contributed by atoms with van der Waals surface area (Å²) in [7, 11) is 0. The minimum absolute atomic E-state index is 0.0593. The molecule has 0 saturated heterocycles. The summed E-state index contributed by atoms with van der Waals surface area (Å²) in [5.41, 5.74) is 7.00. The first kappa shape index (κ1) is 16.0. The maximum atomic E-state index is 12.5. The van der Waals surface area contributed by atoms with Gasteiger partial charge in [0.05, 0.1) is 16.3 Å². The molecule has 0 saturated carbocycles. The molecule has 3 rings (SSSR count). The minimum atomic E-state index is -1.15. The van der Waals surface area contributed by atoms with Gasteiger partial charge in [-0.1, -0.05) is 23.2 Å². The Morgan fingerprint density at radius 1 is 1.26 bits per heavy atom. The van der Waals surface area contributed by atoms with Gasteiger partial charge in [0.15, 0.2) is 6.23 Å². The fourth-order valence-corrected chi connectivity index (χ4v) is 3.17.